The Bertz CT molecular complexity index is 1310. The molecule has 0 bridgehead atoms. The summed E-state index contributed by atoms with van der Waals surface area (Å²) in [6.07, 6.45) is -0.634. The standard InChI is InChI=1S/C24H21NO7S/c1-16-9-11-21(12-10-16)33(30,31)23(15-22(26)17-5-4-8-20(14-17)32-2)24(27)18-6-3-7-19(13-18)25(28)29/h3-14,23H,15H2,1-2H3/t23-/m1/s1. The summed E-state index contributed by atoms with van der Waals surface area (Å²) >= 11 is 0. The van der Waals surface area contributed by atoms with Crippen LogP contribution in [0.1, 0.15) is 32.7 Å². The van der Waals surface area contributed by atoms with Gasteiger partial charge in [0, 0.05) is 29.7 Å². The van der Waals surface area contributed by atoms with E-state index in [2.05, 4.69) is 0 Å². The topological polar surface area (TPSA) is 121 Å². The van der Waals surface area contributed by atoms with Gasteiger partial charge in [-0.1, -0.05) is 42.0 Å². The van der Waals surface area contributed by atoms with Crippen molar-refractivity contribution in [2.75, 3.05) is 7.11 Å². The molecule has 33 heavy (non-hydrogen) atoms. The van der Waals surface area contributed by atoms with Gasteiger partial charge in [-0.15, -0.1) is 0 Å². The van der Waals surface area contributed by atoms with Crippen LogP contribution in [0.15, 0.2) is 77.7 Å². The molecule has 0 fully saturated rings. The Morgan fingerprint density at radius 3 is 2.24 bits per heavy atom. The van der Waals surface area contributed by atoms with Crippen molar-refractivity contribution in [2.24, 2.45) is 0 Å². The second-order valence-corrected chi connectivity index (χ2v) is 9.51. The van der Waals surface area contributed by atoms with E-state index in [9.17, 15) is 28.1 Å². The first-order valence-electron chi connectivity index (χ1n) is 9.90. The van der Waals surface area contributed by atoms with E-state index in [1.165, 1.54) is 49.6 Å². The third-order valence-corrected chi connectivity index (χ3v) is 7.18. The first kappa shape index (κ1) is 23.8. The maximum absolute atomic E-state index is 13.4. The lowest BCUT2D eigenvalue weighted by molar-refractivity contribution is -0.384. The van der Waals surface area contributed by atoms with Crippen molar-refractivity contribution in [3.8, 4) is 5.75 Å². The number of sulfone groups is 1. The Balaban J connectivity index is 2.06. The van der Waals surface area contributed by atoms with Crippen molar-refractivity contribution in [3.05, 3.63) is 99.6 Å². The van der Waals surface area contributed by atoms with Gasteiger partial charge in [0.05, 0.1) is 16.9 Å². The number of carbonyl (C=O) groups is 2. The second kappa shape index (κ2) is 9.74. The lowest BCUT2D eigenvalue weighted by atomic mass is 10.0. The molecular formula is C24H21NO7S. The number of Topliss-reactive ketones (excluding diaryl/α,β-unsaturated/α-hetero) is 2. The summed E-state index contributed by atoms with van der Waals surface area (Å²) in [5, 5.41) is 9.37. The van der Waals surface area contributed by atoms with Gasteiger partial charge in [0.25, 0.3) is 5.69 Å². The van der Waals surface area contributed by atoms with Crippen LogP contribution in [0.25, 0.3) is 0 Å². The molecular weight excluding hydrogens is 446 g/mol. The fraction of sp³-hybridized carbons (Fsp3) is 0.167. The lowest BCUT2D eigenvalue weighted by Gasteiger charge is -2.17. The fourth-order valence-corrected chi connectivity index (χ4v) is 4.91. The highest BCUT2D eigenvalue weighted by Crippen LogP contribution is 2.26. The Kier molecular flexibility index (Phi) is 7.03. The molecule has 3 rings (SSSR count). The summed E-state index contributed by atoms with van der Waals surface area (Å²) in [7, 11) is -2.86. The number of nitro benzene ring substituents is 1. The SMILES string of the molecule is COc1cccc(C(=O)C[C@H](C(=O)c2cccc([N+](=O)[O-])c2)S(=O)(=O)c2ccc(C)cc2)c1. The van der Waals surface area contributed by atoms with E-state index in [1.54, 1.807) is 31.2 Å². The minimum Gasteiger partial charge on any atom is -0.497 e. The molecule has 0 aliphatic rings. The van der Waals surface area contributed by atoms with Gasteiger partial charge in [0.15, 0.2) is 21.4 Å². The minimum atomic E-state index is -4.29. The number of rotatable bonds is 9. The lowest BCUT2D eigenvalue weighted by Crippen LogP contribution is -2.33. The second-order valence-electron chi connectivity index (χ2n) is 7.38. The Morgan fingerprint density at radius 2 is 1.61 bits per heavy atom. The van der Waals surface area contributed by atoms with Gasteiger partial charge in [0.1, 0.15) is 11.0 Å². The first-order chi connectivity index (χ1) is 15.6. The van der Waals surface area contributed by atoms with Crippen LogP contribution in [0.3, 0.4) is 0 Å². The van der Waals surface area contributed by atoms with Gasteiger partial charge in [-0.3, -0.25) is 19.7 Å². The third-order valence-electron chi connectivity index (χ3n) is 5.12. The summed E-state index contributed by atoms with van der Waals surface area (Å²) in [6.45, 7) is 1.79. The summed E-state index contributed by atoms with van der Waals surface area (Å²) in [6, 6.07) is 16.9. The molecule has 0 unspecified atom stereocenters. The molecule has 0 aliphatic carbocycles. The van der Waals surface area contributed by atoms with Crippen molar-refractivity contribution >= 4 is 27.1 Å². The smallest absolute Gasteiger partial charge is 0.270 e. The monoisotopic (exact) mass is 467 g/mol. The molecule has 8 nitrogen and oxygen atoms in total. The number of carbonyl (C=O) groups excluding carboxylic acids is 2. The Hall–Kier alpha value is -3.85. The van der Waals surface area contributed by atoms with Crippen molar-refractivity contribution in [1.29, 1.82) is 0 Å². The van der Waals surface area contributed by atoms with Crippen LogP contribution in [0.2, 0.25) is 0 Å². The molecule has 0 N–H and O–H groups in total. The summed E-state index contributed by atoms with van der Waals surface area (Å²) < 4.78 is 32.0. The van der Waals surface area contributed by atoms with Crippen LogP contribution in [-0.4, -0.2) is 37.3 Å². The van der Waals surface area contributed by atoms with Crippen molar-refractivity contribution < 1.29 is 27.7 Å². The van der Waals surface area contributed by atoms with Crippen LogP contribution in [0.5, 0.6) is 5.75 Å². The van der Waals surface area contributed by atoms with Gasteiger partial charge < -0.3 is 4.74 Å². The average molecular weight is 467 g/mol. The third kappa shape index (κ3) is 5.32. The maximum Gasteiger partial charge on any atom is 0.270 e. The number of ether oxygens (including phenoxy) is 1. The highest BCUT2D eigenvalue weighted by molar-refractivity contribution is 7.92. The van der Waals surface area contributed by atoms with E-state index >= 15 is 0 Å². The molecule has 0 aliphatic heterocycles. The highest BCUT2D eigenvalue weighted by Gasteiger charge is 2.37. The van der Waals surface area contributed by atoms with Crippen LogP contribution >= 0.6 is 0 Å². The zero-order valence-corrected chi connectivity index (χ0v) is 18.7. The van der Waals surface area contributed by atoms with Crippen LogP contribution in [0, 0.1) is 17.0 Å². The molecule has 3 aromatic carbocycles. The fourth-order valence-electron chi connectivity index (χ4n) is 3.28. The largest absolute Gasteiger partial charge is 0.497 e. The Morgan fingerprint density at radius 1 is 0.970 bits per heavy atom. The molecule has 0 saturated carbocycles. The van der Waals surface area contributed by atoms with Crippen LogP contribution < -0.4 is 4.74 Å². The molecule has 0 heterocycles. The molecule has 0 saturated heterocycles. The van der Waals surface area contributed by atoms with E-state index < -0.39 is 38.0 Å². The summed E-state index contributed by atoms with van der Waals surface area (Å²) in [4.78, 5) is 36.6. The van der Waals surface area contributed by atoms with E-state index in [-0.39, 0.29) is 21.7 Å². The van der Waals surface area contributed by atoms with E-state index in [1.807, 2.05) is 0 Å². The summed E-state index contributed by atoms with van der Waals surface area (Å²) in [5.41, 5.74) is 0.489. The quantitative estimate of drug-likeness (QED) is 0.262. The minimum absolute atomic E-state index is 0.115. The predicted octanol–water partition coefficient (Wildman–Crippen LogP) is 4.21. The zero-order chi connectivity index (χ0) is 24.2. The van der Waals surface area contributed by atoms with Crippen LogP contribution in [0.4, 0.5) is 5.69 Å². The number of nitrogens with zero attached hydrogens (tertiary/aromatic N) is 1. The molecule has 9 heteroatoms. The molecule has 170 valence electrons. The van der Waals surface area contributed by atoms with E-state index in [0.29, 0.717) is 5.75 Å². The van der Waals surface area contributed by atoms with Crippen molar-refractivity contribution in [3.63, 3.8) is 0 Å². The first-order valence-corrected chi connectivity index (χ1v) is 11.4. The molecule has 0 radical (unpaired) electrons. The van der Waals surface area contributed by atoms with Crippen LogP contribution in [-0.2, 0) is 9.84 Å². The van der Waals surface area contributed by atoms with Gasteiger partial charge in [-0.25, -0.2) is 8.42 Å². The van der Waals surface area contributed by atoms with Gasteiger partial charge >= 0.3 is 0 Å². The number of hydrogen-bond donors (Lipinski definition) is 0. The number of ketones is 2. The maximum atomic E-state index is 13.4. The molecule has 1 atom stereocenters. The number of non-ortho nitro benzene ring substituents is 1. The normalized spacial score (nSPS) is 12.1. The summed E-state index contributed by atoms with van der Waals surface area (Å²) in [5.74, 6) is -1.06. The van der Waals surface area contributed by atoms with Crippen molar-refractivity contribution in [1.82, 2.24) is 0 Å². The highest BCUT2D eigenvalue weighted by atomic mass is 32.2. The number of hydrogen-bond acceptors (Lipinski definition) is 7. The van der Waals surface area contributed by atoms with E-state index in [0.717, 1.165) is 11.6 Å². The predicted molar refractivity (Wildman–Crippen MR) is 122 cm³/mol. The Labute approximate surface area is 190 Å². The van der Waals surface area contributed by atoms with Gasteiger partial charge in [-0.05, 0) is 31.2 Å². The number of nitro groups is 1. The molecule has 0 spiro atoms. The number of methoxy groups -OCH3 is 1. The van der Waals surface area contributed by atoms with E-state index in [4.69, 9.17) is 4.74 Å². The zero-order valence-electron chi connectivity index (χ0n) is 17.9. The average Bonchev–Trinajstić information content (AvgIpc) is 2.82. The molecule has 0 amide bonds. The van der Waals surface area contributed by atoms with Gasteiger partial charge in [-0.2, -0.15) is 0 Å². The number of aryl methyl sites for hydroxylation is 1. The van der Waals surface area contributed by atoms with Crippen molar-refractivity contribution in [2.45, 2.75) is 23.5 Å². The molecule has 0 aromatic heterocycles. The van der Waals surface area contributed by atoms with Gasteiger partial charge in [0.2, 0.25) is 0 Å². The molecule has 3 aromatic rings. The number of benzene rings is 3.